The van der Waals surface area contributed by atoms with Crippen molar-refractivity contribution in [2.75, 3.05) is 21.3 Å². The number of nitrogens with one attached hydrogen (secondary N) is 1. The van der Waals surface area contributed by atoms with Crippen LogP contribution in [0, 0.1) is 0 Å². The normalized spacial score (nSPS) is 12.0. The molecule has 2 aromatic carbocycles. The molecule has 3 nitrogen and oxygen atoms in total. The van der Waals surface area contributed by atoms with Crippen molar-refractivity contribution >= 4 is 27.5 Å². The van der Waals surface area contributed by atoms with E-state index >= 15 is 0 Å². The predicted octanol–water partition coefficient (Wildman–Crippen LogP) is 4.43. The molecule has 21 heavy (non-hydrogen) atoms. The Balaban J connectivity index is 2.50. The van der Waals surface area contributed by atoms with E-state index in [-0.39, 0.29) is 6.04 Å². The molecule has 0 aliphatic heterocycles. The van der Waals surface area contributed by atoms with Crippen LogP contribution < -0.4 is 14.8 Å². The van der Waals surface area contributed by atoms with Crippen LogP contribution >= 0.6 is 27.5 Å². The van der Waals surface area contributed by atoms with Crippen LogP contribution in [0.5, 0.6) is 11.5 Å². The molecule has 0 amide bonds. The van der Waals surface area contributed by atoms with Gasteiger partial charge in [0.1, 0.15) is 11.5 Å². The number of hydrogen-bond donors (Lipinski definition) is 1. The zero-order valence-corrected chi connectivity index (χ0v) is 14.5. The van der Waals surface area contributed by atoms with Gasteiger partial charge in [-0.2, -0.15) is 0 Å². The minimum Gasteiger partial charge on any atom is -0.497 e. The van der Waals surface area contributed by atoms with Gasteiger partial charge in [0.25, 0.3) is 0 Å². The molecule has 0 spiro atoms. The van der Waals surface area contributed by atoms with E-state index in [0.29, 0.717) is 5.02 Å². The first-order chi connectivity index (χ1) is 10.1. The molecular formula is C16H17BrClNO2. The first kappa shape index (κ1) is 16.1. The van der Waals surface area contributed by atoms with E-state index in [1.807, 2.05) is 43.4 Å². The Labute approximate surface area is 138 Å². The summed E-state index contributed by atoms with van der Waals surface area (Å²) >= 11 is 9.59. The molecular weight excluding hydrogens is 354 g/mol. The highest BCUT2D eigenvalue weighted by Gasteiger charge is 2.19. The van der Waals surface area contributed by atoms with Crippen LogP contribution in [0.1, 0.15) is 17.2 Å². The van der Waals surface area contributed by atoms with Crippen molar-refractivity contribution in [3.8, 4) is 11.5 Å². The highest BCUT2D eigenvalue weighted by Crippen LogP contribution is 2.36. The van der Waals surface area contributed by atoms with E-state index in [1.165, 1.54) is 0 Å². The molecule has 2 aromatic rings. The molecule has 0 aromatic heterocycles. The van der Waals surface area contributed by atoms with Crippen molar-refractivity contribution in [1.82, 2.24) is 5.32 Å². The second kappa shape index (κ2) is 7.16. The summed E-state index contributed by atoms with van der Waals surface area (Å²) in [6, 6.07) is 11.5. The largest absolute Gasteiger partial charge is 0.497 e. The second-order valence-electron chi connectivity index (χ2n) is 4.50. The summed E-state index contributed by atoms with van der Waals surface area (Å²) in [5.74, 6) is 1.54. The van der Waals surface area contributed by atoms with Gasteiger partial charge < -0.3 is 14.8 Å². The summed E-state index contributed by atoms with van der Waals surface area (Å²) in [6.45, 7) is 0. The predicted molar refractivity (Wildman–Crippen MR) is 89.6 cm³/mol. The molecule has 1 N–H and O–H groups in total. The van der Waals surface area contributed by atoms with Gasteiger partial charge in [0, 0.05) is 21.1 Å². The molecule has 0 aliphatic rings. The number of ether oxygens (including phenoxy) is 2. The third kappa shape index (κ3) is 3.51. The van der Waals surface area contributed by atoms with Crippen LogP contribution in [-0.4, -0.2) is 21.3 Å². The Morgan fingerprint density at radius 2 is 1.76 bits per heavy atom. The van der Waals surface area contributed by atoms with E-state index in [2.05, 4.69) is 21.2 Å². The van der Waals surface area contributed by atoms with E-state index < -0.39 is 0 Å². The van der Waals surface area contributed by atoms with E-state index in [1.54, 1.807) is 14.2 Å². The Morgan fingerprint density at radius 3 is 2.33 bits per heavy atom. The number of halogens is 2. The molecule has 0 bridgehead atoms. The lowest BCUT2D eigenvalue weighted by atomic mass is 9.98. The molecule has 112 valence electrons. The maximum atomic E-state index is 6.02. The van der Waals surface area contributed by atoms with Gasteiger partial charge in [0.05, 0.1) is 20.3 Å². The average molecular weight is 371 g/mol. The first-order valence-electron chi connectivity index (χ1n) is 6.44. The minimum atomic E-state index is -0.0162. The number of methoxy groups -OCH3 is 2. The average Bonchev–Trinajstić information content (AvgIpc) is 2.50. The smallest absolute Gasteiger partial charge is 0.127 e. The third-order valence-electron chi connectivity index (χ3n) is 3.31. The summed E-state index contributed by atoms with van der Waals surface area (Å²) in [7, 11) is 5.21. The Morgan fingerprint density at radius 1 is 1.05 bits per heavy atom. The lowest BCUT2D eigenvalue weighted by Gasteiger charge is -2.21. The Hall–Kier alpha value is -1.23. The second-order valence-corrected chi connectivity index (χ2v) is 5.79. The van der Waals surface area contributed by atoms with Crippen molar-refractivity contribution in [1.29, 1.82) is 0 Å². The van der Waals surface area contributed by atoms with Crippen LogP contribution in [0.15, 0.2) is 40.9 Å². The molecule has 1 atom stereocenters. The van der Waals surface area contributed by atoms with Gasteiger partial charge in [0.2, 0.25) is 0 Å². The molecule has 0 aliphatic carbocycles. The van der Waals surface area contributed by atoms with Crippen molar-refractivity contribution in [3.63, 3.8) is 0 Å². The molecule has 0 radical (unpaired) electrons. The zero-order valence-electron chi connectivity index (χ0n) is 12.1. The maximum Gasteiger partial charge on any atom is 0.127 e. The van der Waals surface area contributed by atoms with E-state index in [0.717, 1.165) is 27.1 Å². The third-order valence-corrected chi connectivity index (χ3v) is 4.24. The Bertz CT molecular complexity index is 634. The number of hydrogen-bond acceptors (Lipinski definition) is 3. The molecule has 0 saturated carbocycles. The van der Waals surface area contributed by atoms with E-state index in [9.17, 15) is 0 Å². The molecule has 2 rings (SSSR count). The highest BCUT2D eigenvalue weighted by atomic mass is 79.9. The van der Waals surface area contributed by atoms with Crippen molar-refractivity contribution < 1.29 is 9.47 Å². The van der Waals surface area contributed by atoms with Gasteiger partial charge in [-0.05, 0) is 36.9 Å². The molecule has 0 fully saturated rings. The van der Waals surface area contributed by atoms with Gasteiger partial charge in [-0.1, -0.05) is 33.6 Å². The summed E-state index contributed by atoms with van der Waals surface area (Å²) in [5.41, 5.74) is 2.12. The molecule has 0 heterocycles. The number of rotatable bonds is 5. The summed E-state index contributed by atoms with van der Waals surface area (Å²) in [5, 5.41) is 4.01. The zero-order chi connectivity index (χ0) is 15.4. The molecule has 0 saturated heterocycles. The number of benzene rings is 2. The quantitative estimate of drug-likeness (QED) is 0.844. The molecule has 1 unspecified atom stereocenters. The highest BCUT2D eigenvalue weighted by molar-refractivity contribution is 9.10. The van der Waals surface area contributed by atoms with Crippen LogP contribution in [0.25, 0.3) is 0 Å². The fourth-order valence-corrected chi connectivity index (χ4v) is 3.18. The summed E-state index contributed by atoms with van der Waals surface area (Å²) in [6.07, 6.45) is 0. The van der Waals surface area contributed by atoms with E-state index in [4.69, 9.17) is 21.1 Å². The fraction of sp³-hybridized carbons (Fsp3) is 0.250. The SMILES string of the molecule is CNC(c1ccc(Cl)cc1Br)c1ccc(OC)cc1OC. The van der Waals surface area contributed by atoms with Crippen molar-refractivity contribution in [2.24, 2.45) is 0 Å². The van der Waals surface area contributed by atoms with Gasteiger partial charge in [0.15, 0.2) is 0 Å². The van der Waals surface area contributed by atoms with Gasteiger partial charge in [-0.25, -0.2) is 0 Å². The van der Waals surface area contributed by atoms with Crippen LogP contribution in [0.2, 0.25) is 5.02 Å². The Kier molecular flexibility index (Phi) is 5.51. The van der Waals surface area contributed by atoms with Crippen molar-refractivity contribution in [2.45, 2.75) is 6.04 Å². The van der Waals surface area contributed by atoms with Crippen LogP contribution in [-0.2, 0) is 0 Å². The van der Waals surface area contributed by atoms with Gasteiger partial charge >= 0.3 is 0 Å². The molecule has 5 heteroatoms. The topological polar surface area (TPSA) is 30.5 Å². The fourth-order valence-electron chi connectivity index (χ4n) is 2.27. The monoisotopic (exact) mass is 369 g/mol. The summed E-state index contributed by atoms with van der Waals surface area (Å²) in [4.78, 5) is 0. The lowest BCUT2D eigenvalue weighted by Crippen LogP contribution is -2.19. The minimum absolute atomic E-state index is 0.0162. The summed E-state index contributed by atoms with van der Waals surface area (Å²) < 4.78 is 11.7. The van der Waals surface area contributed by atoms with Gasteiger partial charge in [-0.15, -0.1) is 0 Å². The maximum absolute atomic E-state index is 6.02. The lowest BCUT2D eigenvalue weighted by molar-refractivity contribution is 0.388. The van der Waals surface area contributed by atoms with Crippen LogP contribution in [0.3, 0.4) is 0 Å². The standard InChI is InChI=1S/C16H17BrClNO2/c1-19-16(12-6-4-10(18)8-14(12)17)13-7-5-11(20-2)9-15(13)21-3/h4-9,16,19H,1-3H3. The van der Waals surface area contributed by atoms with Crippen molar-refractivity contribution in [3.05, 3.63) is 57.0 Å². The van der Waals surface area contributed by atoms with Crippen LogP contribution in [0.4, 0.5) is 0 Å². The first-order valence-corrected chi connectivity index (χ1v) is 7.62. The van der Waals surface area contributed by atoms with Gasteiger partial charge in [-0.3, -0.25) is 0 Å².